The molecule has 0 aliphatic rings. The molecule has 1 unspecified atom stereocenters. The first kappa shape index (κ1) is 12.0. The summed E-state index contributed by atoms with van der Waals surface area (Å²) in [6, 6.07) is 7.60. The summed E-state index contributed by atoms with van der Waals surface area (Å²) >= 11 is 0. The molecule has 0 radical (unpaired) electrons. The molecule has 2 aromatic rings. The average molecular weight is 243 g/mol. The van der Waals surface area contributed by atoms with E-state index in [-0.39, 0.29) is 11.4 Å². The number of nitrogens with zero attached hydrogens (tertiary/aromatic N) is 3. The number of ketones is 1. The van der Waals surface area contributed by atoms with Crippen LogP contribution in [0.25, 0.3) is 0 Å². The highest BCUT2D eigenvalue weighted by Crippen LogP contribution is 2.22. The first-order valence-corrected chi connectivity index (χ1v) is 5.30. The molecule has 1 aromatic heterocycles. The Labute approximate surface area is 103 Å². The van der Waals surface area contributed by atoms with Crippen LogP contribution in [0, 0.1) is 17.1 Å². The lowest BCUT2D eigenvalue weighted by atomic mass is 9.95. The number of nitriles is 1. The minimum atomic E-state index is -1.17. The summed E-state index contributed by atoms with van der Waals surface area (Å²) in [5, 5.41) is 9.09. The third-order valence-electron chi connectivity index (χ3n) is 2.65. The van der Waals surface area contributed by atoms with Gasteiger partial charge in [-0.2, -0.15) is 5.26 Å². The number of hydrogen-bond donors (Lipinski definition) is 0. The summed E-state index contributed by atoms with van der Waals surface area (Å²) in [4.78, 5) is 16.0. The molecule has 0 spiro atoms. The fourth-order valence-electron chi connectivity index (χ4n) is 1.71. The van der Waals surface area contributed by atoms with Gasteiger partial charge in [0.15, 0.2) is 5.82 Å². The van der Waals surface area contributed by atoms with Gasteiger partial charge in [-0.05, 0) is 6.07 Å². The number of carbonyl (C=O) groups excluding carboxylic acids is 1. The van der Waals surface area contributed by atoms with Crippen LogP contribution in [0.2, 0.25) is 0 Å². The molecular formula is C13H10FN3O. The van der Waals surface area contributed by atoms with E-state index in [0.717, 1.165) is 0 Å². The number of aromatic nitrogens is 2. The first-order valence-electron chi connectivity index (χ1n) is 5.30. The smallest absolute Gasteiger partial charge is 0.219 e. The van der Waals surface area contributed by atoms with Gasteiger partial charge >= 0.3 is 0 Å². The second kappa shape index (κ2) is 4.80. The van der Waals surface area contributed by atoms with Crippen molar-refractivity contribution in [2.45, 2.75) is 5.92 Å². The molecule has 0 saturated heterocycles. The Morgan fingerprint density at radius 1 is 1.50 bits per heavy atom. The Kier molecular flexibility index (Phi) is 3.20. The summed E-state index contributed by atoms with van der Waals surface area (Å²) in [6.07, 6.45) is 3.06. The fourth-order valence-corrected chi connectivity index (χ4v) is 1.71. The van der Waals surface area contributed by atoms with Crippen molar-refractivity contribution < 1.29 is 9.18 Å². The number of halogens is 1. The lowest BCUT2D eigenvalue weighted by Crippen LogP contribution is -2.16. The second-order valence-corrected chi connectivity index (χ2v) is 3.81. The van der Waals surface area contributed by atoms with Gasteiger partial charge in [0, 0.05) is 25.0 Å². The van der Waals surface area contributed by atoms with Gasteiger partial charge in [-0.15, -0.1) is 0 Å². The van der Waals surface area contributed by atoms with Crippen LogP contribution in [-0.4, -0.2) is 15.3 Å². The van der Waals surface area contributed by atoms with E-state index in [0.29, 0.717) is 0 Å². The number of hydrogen-bond acceptors (Lipinski definition) is 3. The van der Waals surface area contributed by atoms with E-state index in [1.54, 1.807) is 19.3 Å². The van der Waals surface area contributed by atoms with E-state index in [4.69, 9.17) is 5.26 Å². The van der Waals surface area contributed by atoms with Crippen LogP contribution in [-0.2, 0) is 7.05 Å². The molecule has 5 heteroatoms. The summed E-state index contributed by atoms with van der Waals surface area (Å²) in [7, 11) is 1.65. The predicted octanol–water partition coefficient (Wildman–Crippen LogP) is 2.05. The molecule has 0 amide bonds. The van der Waals surface area contributed by atoms with Crippen molar-refractivity contribution >= 4 is 5.78 Å². The Hall–Kier alpha value is -2.48. The number of aryl methyl sites for hydroxylation is 1. The molecular weight excluding hydrogens is 233 g/mol. The van der Waals surface area contributed by atoms with Gasteiger partial charge in [-0.3, -0.25) is 4.79 Å². The van der Waals surface area contributed by atoms with Crippen molar-refractivity contribution in [3.63, 3.8) is 0 Å². The number of carbonyl (C=O) groups is 1. The van der Waals surface area contributed by atoms with Crippen LogP contribution in [0.5, 0.6) is 0 Å². The maximum Gasteiger partial charge on any atom is 0.219 e. The fraction of sp³-hybridized carbons (Fsp3) is 0.154. The summed E-state index contributed by atoms with van der Waals surface area (Å²) in [5.74, 6) is -2.10. The standard InChI is InChI=1S/C13H10FN3O/c1-17-7-6-16-13(17)12(18)10(8-15)9-4-2-3-5-11(9)14/h2-7,10H,1H3. The molecule has 4 nitrogen and oxygen atoms in total. The maximum atomic E-state index is 13.6. The van der Waals surface area contributed by atoms with E-state index in [2.05, 4.69) is 4.98 Å². The van der Waals surface area contributed by atoms with E-state index < -0.39 is 17.5 Å². The third-order valence-corrected chi connectivity index (χ3v) is 2.65. The molecule has 0 N–H and O–H groups in total. The molecule has 90 valence electrons. The molecule has 1 heterocycles. The van der Waals surface area contributed by atoms with Crippen molar-refractivity contribution in [3.8, 4) is 6.07 Å². The monoisotopic (exact) mass is 243 g/mol. The van der Waals surface area contributed by atoms with Gasteiger partial charge < -0.3 is 4.57 Å². The minimum Gasteiger partial charge on any atom is -0.332 e. The Morgan fingerprint density at radius 3 is 2.78 bits per heavy atom. The molecule has 1 atom stereocenters. The average Bonchev–Trinajstić information content (AvgIpc) is 2.78. The molecule has 0 aliphatic heterocycles. The molecule has 0 saturated carbocycles. The van der Waals surface area contributed by atoms with Crippen molar-refractivity contribution in [2.24, 2.45) is 7.05 Å². The highest BCUT2D eigenvalue weighted by molar-refractivity contribution is 6.00. The highest BCUT2D eigenvalue weighted by atomic mass is 19.1. The molecule has 18 heavy (non-hydrogen) atoms. The van der Waals surface area contributed by atoms with Gasteiger partial charge in [0.1, 0.15) is 11.7 Å². The minimum absolute atomic E-state index is 0.0769. The van der Waals surface area contributed by atoms with Crippen LogP contribution < -0.4 is 0 Å². The van der Waals surface area contributed by atoms with Gasteiger partial charge in [0.2, 0.25) is 5.78 Å². The van der Waals surface area contributed by atoms with Crippen molar-refractivity contribution in [3.05, 3.63) is 53.9 Å². The van der Waals surface area contributed by atoms with Gasteiger partial charge in [-0.1, -0.05) is 18.2 Å². The van der Waals surface area contributed by atoms with Crippen molar-refractivity contribution in [1.82, 2.24) is 9.55 Å². The largest absolute Gasteiger partial charge is 0.332 e. The van der Waals surface area contributed by atoms with Gasteiger partial charge in [0.05, 0.1) is 6.07 Å². The molecule has 0 aliphatic carbocycles. The zero-order valence-electron chi connectivity index (χ0n) is 9.67. The maximum absolute atomic E-state index is 13.6. The topological polar surface area (TPSA) is 58.7 Å². The summed E-state index contributed by atoms with van der Waals surface area (Å²) in [5.41, 5.74) is 0.0769. The quantitative estimate of drug-likeness (QED) is 0.775. The molecule has 2 rings (SSSR count). The number of rotatable bonds is 3. The lowest BCUT2D eigenvalue weighted by Gasteiger charge is -2.09. The number of imidazole rings is 1. The lowest BCUT2D eigenvalue weighted by molar-refractivity contribution is 0.0964. The van der Waals surface area contributed by atoms with E-state index >= 15 is 0 Å². The van der Waals surface area contributed by atoms with Gasteiger partial charge in [-0.25, -0.2) is 9.37 Å². The Morgan fingerprint density at radius 2 is 2.22 bits per heavy atom. The van der Waals surface area contributed by atoms with Crippen LogP contribution >= 0.6 is 0 Å². The van der Waals surface area contributed by atoms with Crippen molar-refractivity contribution in [1.29, 1.82) is 5.26 Å². The van der Waals surface area contributed by atoms with Crippen LogP contribution in [0.1, 0.15) is 22.1 Å². The predicted molar refractivity (Wildman–Crippen MR) is 62.3 cm³/mol. The van der Waals surface area contributed by atoms with Crippen LogP contribution in [0.15, 0.2) is 36.7 Å². The van der Waals surface area contributed by atoms with E-state index in [9.17, 15) is 9.18 Å². The number of benzene rings is 1. The highest BCUT2D eigenvalue weighted by Gasteiger charge is 2.26. The zero-order chi connectivity index (χ0) is 13.1. The Balaban J connectivity index is 2.43. The van der Waals surface area contributed by atoms with Crippen LogP contribution in [0.3, 0.4) is 0 Å². The first-order chi connectivity index (χ1) is 8.65. The van der Waals surface area contributed by atoms with Gasteiger partial charge in [0.25, 0.3) is 0 Å². The number of Topliss-reactive ketones (excluding diaryl/α,β-unsaturated/α-hetero) is 1. The zero-order valence-corrected chi connectivity index (χ0v) is 9.67. The summed E-state index contributed by atoms with van der Waals surface area (Å²) in [6.45, 7) is 0. The van der Waals surface area contributed by atoms with E-state index in [1.807, 2.05) is 6.07 Å². The molecule has 1 aromatic carbocycles. The second-order valence-electron chi connectivity index (χ2n) is 3.81. The Bertz CT molecular complexity index is 627. The molecule has 0 bridgehead atoms. The van der Waals surface area contributed by atoms with E-state index in [1.165, 1.54) is 29.0 Å². The van der Waals surface area contributed by atoms with Crippen LogP contribution in [0.4, 0.5) is 4.39 Å². The molecule has 0 fully saturated rings. The SMILES string of the molecule is Cn1ccnc1C(=O)C(C#N)c1ccccc1F. The third kappa shape index (κ3) is 2.00. The summed E-state index contributed by atoms with van der Waals surface area (Å²) < 4.78 is 15.1. The normalized spacial score (nSPS) is 11.8. The van der Waals surface area contributed by atoms with Crippen molar-refractivity contribution in [2.75, 3.05) is 0 Å².